The summed E-state index contributed by atoms with van der Waals surface area (Å²) in [5.74, 6) is -4.80. The third-order valence-electron chi connectivity index (χ3n) is 3.34. The predicted molar refractivity (Wildman–Crippen MR) is 83.2 cm³/mol. The van der Waals surface area contributed by atoms with Gasteiger partial charge in [-0.1, -0.05) is 12.1 Å². The molecule has 0 aliphatic heterocycles. The lowest BCUT2D eigenvalue weighted by Gasteiger charge is -2.13. The van der Waals surface area contributed by atoms with Crippen LogP contribution in [0.2, 0.25) is 0 Å². The van der Waals surface area contributed by atoms with Crippen molar-refractivity contribution < 1.29 is 27.5 Å². The van der Waals surface area contributed by atoms with E-state index in [1.54, 1.807) is 0 Å². The molecular weight excluding hydrogens is 337 g/mol. The minimum atomic E-state index is -1.15. The first kappa shape index (κ1) is 18.3. The number of nitrogens with two attached hydrogens (primary N) is 1. The first-order valence-electron chi connectivity index (χ1n) is 7.24. The minimum absolute atomic E-state index is 0.0383. The first-order valence-corrected chi connectivity index (χ1v) is 7.24. The molecule has 1 atom stereocenters. The molecule has 0 saturated heterocycles. The quantitative estimate of drug-likeness (QED) is 0.837. The molecule has 132 valence electrons. The Morgan fingerprint density at radius 2 is 1.68 bits per heavy atom. The number of carbonyl (C=O) groups is 2. The molecule has 8 heteroatoms. The number of nitrogens with one attached hydrogen (secondary N) is 1. The Hall–Kier alpha value is -3.03. The van der Waals surface area contributed by atoms with Crippen LogP contribution in [-0.2, 0) is 11.4 Å². The summed E-state index contributed by atoms with van der Waals surface area (Å²) < 4.78 is 46.1. The second kappa shape index (κ2) is 7.69. The van der Waals surface area contributed by atoms with Crippen molar-refractivity contribution >= 4 is 11.8 Å². The van der Waals surface area contributed by atoms with Gasteiger partial charge in [0, 0.05) is 12.1 Å². The minimum Gasteiger partial charge on any atom is -0.489 e. The number of primary amides is 1. The highest BCUT2D eigenvalue weighted by Gasteiger charge is 2.22. The van der Waals surface area contributed by atoms with Crippen molar-refractivity contribution in [2.75, 3.05) is 0 Å². The Labute approximate surface area is 141 Å². The van der Waals surface area contributed by atoms with E-state index in [2.05, 4.69) is 5.32 Å². The van der Waals surface area contributed by atoms with E-state index in [9.17, 15) is 22.8 Å². The summed E-state index contributed by atoms with van der Waals surface area (Å²) in [5.41, 5.74) is 4.73. The molecule has 0 heterocycles. The Balaban J connectivity index is 2.12. The molecule has 2 aromatic carbocycles. The molecule has 0 radical (unpaired) electrons. The number of halogens is 3. The zero-order chi connectivity index (χ0) is 18.6. The lowest BCUT2D eigenvalue weighted by atomic mass is 10.1. The molecule has 0 aliphatic rings. The number of benzene rings is 2. The van der Waals surface area contributed by atoms with Gasteiger partial charge in [0.15, 0.2) is 0 Å². The van der Waals surface area contributed by atoms with Gasteiger partial charge in [0.1, 0.15) is 41.4 Å². The molecule has 3 N–H and O–H groups in total. The van der Waals surface area contributed by atoms with Gasteiger partial charge in [-0.25, -0.2) is 13.2 Å². The molecule has 5 nitrogen and oxygen atoms in total. The highest BCUT2D eigenvalue weighted by Crippen LogP contribution is 2.22. The van der Waals surface area contributed by atoms with E-state index in [4.69, 9.17) is 10.5 Å². The fraction of sp³-hybridized carbons (Fsp3) is 0.176. The summed E-state index contributed by atoms with van der Waals surface area (Å²) in [5, 5.41) is 2.09. The molecule has 0 unspecified atom stereocenters. The number of rotatable bonds is 6. The summed E-state index contributed by atoms with van der Waals surface area (Å²) in [6, 6.07) is 6.00. The second-order valence-corrected chi connectivity index (χ2v) is 5.27. The fourth-order valence-electron chi connectivity index (χ4n) is 1.94. The van der Waals surface area contributed by atoms with E-state index < -0.39 is 40.9 Å². The summed E-state index contributed by atoms with van der Waals surface area (Å²) in [7, 11) is 0. The van der Waals surface area contributed by atoms with Crippen molar-refractivity contribution in [1.82, 2.24) is 5.32 Å². The van der Waals surface area contributed by atoms with E-state index in [0.717, 1.165) is 12.1 Å². The van der Waals surface area contributed by atoms with Crippen LogP contribution in [-0.4, -0.2) is 17.9 Å². The topological polar surface area (TPSA) is 81.4 Å². The van der Waals surface area contributed by atoms with E-state index in [-0.39, 0.29) is 12.4 Å². The van der Waals surface area contributed by atoms with Gasteiger partial charge >= 0.3 is 0 Å². The van der Waals surface area contributed by atoms with Gasteiger partial charge in [0.2, 0.25) is 5.91 Å². The number of carbonyl (C=O) groups excluding carboxylic acids is 2. The van der Waals surface area contributed by atoms with Gasteiger partial charge in [-0.15, -0.1) is 0 Å². The molecule has 0 aliphatic carbocycles. The Morgan fingerprint density at radius 3 is 2.20 bits per heavy atom. The molecule has 2 rings (SSSR count). The first-order chi connectivity index (χ1) is 11.8. The van der Waals surface area contributed by atoms with Crippen LogP contribution < -0.4 is 15.8 Å². The normalized spacial score (nSPS) is 11.7. The van der Waals surface area contributed by atoms with Gasteiger partial charge in [0.05, 0.1) is 0 Å². The third kappa shape index (κ3) is 4.72. The Morgan fingerprint density at radius 1 is 1.12 bits per heavy atom. The summed E-state index contributed by atoms with van der Waals surface area (Å²) >= 11 is 0. The van der Waals surface area contributed by atoms with E-state index in [1.807, 2.05) is 0 Å². The van der Waals surface area contributed by atoms with Gasteiger partial charge in [-0.05, 0) is 24.6 Å². The van der Waals surface area contributed by atoms with E-state index in [1.165, 1.54) is 31.2 Å². The van der Waals surface area contributed by atoms with Crippen molar-refractivity contribution in [1.29, 1.82) is 0 Å². The van der Waals surface area contributed by atoms with Crippen molar-refractivity contribution in [3.8, 4) is 5.75 Å². The lowest BCUT2D eigenvalue weighted by molar-refractivity contribution is -0.119. The van der Waals surface area contributed by atoms with Crippen LogP contribution in [0.1, 0.15) is 22.8 Å². The molecule has 0 saturated carbocycles. The molecule has 0 aromatic heterocycles. The summed E-state index contributed by atoms with van der Waals surface area (Å²) in [4.78, 5) is 22.8. The molecule has 0 spiro atoms. The van der Waals surface area contributed by atoms with Crippen LogP contribution >= 0.6 is 0 Å². The average molecular weight is 352 g/mol. The third-order valence-corrected chi connectivity index (χ3v) is 3.34. The molecule has 0 bridgehead atoms. The monoisotopic (exact) mass is 352 g/mol. The Kier molecular flexibility index (Phi) is 5.63. The van der Waals surface area contributed by atoms with Crippen LogP contribution in [0.3, 0.4) is 0 Å². The van der Waals surface area contributed by atoms with E-state index in [0.29, 0.717) is 5.56 Å². The second-order valence-electron chi connectivity index (χ2n) is 5.27. The summed E-state index contributed by atoms with van der Waals surface area (Å²) in [6.45, 7) is 1.25. The summed E-state index contributed by atoms with van der Waals surface area (Å²) in [6.07, 6.45) is 0. The van der Waals surface area contributed by atoms with Crippen molar-refractivity contribution in [3.63, 3.8) is 0 Å². The highest BCUT2D eigenvalue weighted by molar-refractivity contribution is 5.97. The lowest BCUT2D eigenvalue weighted by Crippen LogP contribution is -2.42. The predicted octanol–water partition coefficient (Wildman–Crippen LogP) is 2.29. The van der Waals surface area contributed by atoms with E-state index >= 15 is 0 Å². The van der Waals surface area contributed by atoms with Crippen molar-refractivity contribution in [3.05, 3.63) is 65.0 Å². The van der Waals surface area contributed by atoms with Crippen LogP contribution in [0.5, 0.6) is 5.75 Å². The maximum Gasteiger partial charge on any atom is 0.257 e. The molecule has 2 amide bonds. The van der Waals surface area contributed by atoms with Crippen LogP contribution in [0.4, 0.5) is 13.2 Å². The van der Waals surface area contributed by atoms with Crippen LogP contribution in [0, 0.1) is 17.5 Å². The fourth-order valence-corrected chi connectivity index (χ4v) is 1.94. The van der Waals surface area contributed by atoms with Crippen molar-refractivity contribution in [2.24, 2.45) is 5.73 Å². The maximum atomic E-state index is 14.0. The number of hydrogen-bond donors (Lipinski definition) is 2. The number of hydrogen-bond acceptors (Lipinski definition) is 3. The number of ether oxygens (including phenoxy) is 1. The molecular formula is C17H15F3N2O3. The average Bonchev–Trinajstić information content (AvgIpc) is 2.53. The molecule has 25 heavy (non-hydrogen) atoms. The van der Waals surface area contributed by atoms with Gasteiger partial charge in [-0.2, -0.15) is 0 Å². The number of amides is 2. The largest absolute Gasteiger partial charge is 0.489 e. The molecule has 0 fully saturated rings. The van der Waals surface area contributed by atoms with Gasteiger partial charge in [0.25, 0.3) is 5.91 Å². The standard InChI is InChI=1S/C17H15F3N2O3/c1-9(16(21)23)22-17(24)15-13(19)6-12(7-14(15)20)25-8-10-2-4-11(18)5-3-10/h2-7,9H,8H2,1H3,(H2,21,23)(H,22,24)/t9-/m1/s1. The molecule has 2 aromatic rings. The van der Waals surface area contributed by atoms with Crippen LogP contribution in [0.15, 0.2) is 36.4 Å². The SMILES string of the molecule is C[C@@H](NC(=O)c1c(F)cc(OCc2ccc(F)cc2)cc1F)C(N)=O. The zero-order valence-electron chi connectivity index (χ0n) is 13.2. The Bertz CT molecular complexity index is 771. The maximum absolute atomic E-state index is 14.0. The van der Waals surface area contributed by atoms with Gasteiger partial charge < -0.3 is 15.8 Å². The highest BCUT2D eigenvalue weighted by atomic mass is 19.1. The zero-order valence-corrected chi connectivity index (χ0v) is 13.2. The smallest absolute Gasteiger partial charge is 0.257 e. The van der Waals surface area contributed by atoms with Crippen LogP contribution in [0.25, 0.3) is 0 Å². The van der Waals surface area contributed by atoms with Crippen molar-refractivity contribution in [2.45, 2.75) is 19.6 Å². The van der Waals surface area contributed by atoms with Gasteiger partial charge in [-0.3, -0.25) is 9.59 Å².